The first-order valence-electron chi connectivity index (χ1n) is 1.43. The van der Waals surface area contributed by atoms with E-state index in [-0.39, 0.29) is 27.5 Å². The number of carbonyl (C=O) groups is 1. The van der Waals surface area contributed by atoms with Gasteiger partial charge in [-0.2, -0.15) is 0 Å². The second kappa shape index (κ2) is 1.74. The Morgan fingerprint density at radius 1 is 2.00 bits per heavy atom. The molecule has 1 N–H and O–H groups in total. The van der Waals surface area contributed by atoms with Gasteiger partial charge in [-0.1, -0.05) is 0 Å². The van der Waals surface area contributed by atoms with Gasteiger partial charge in [-0.25, -0.2) is 0 Å². The van der Waals surface area contributed by atoms with Crippen LogP contribution in [0.15, 0.2) is 0 Å². The van der Waals surface area contributed by atoms with Crippen molar-refractivity contribution in [2.24, 2.45) is 0 Å². The molecule has 0 saturated carbocycles. The monoisotopic (exact) mass is 200 g/mol. The van der Waals surface area contributed by atoms with Crippen LogP contribution in [0.3, 0.4) is 0 Å². The Morgan fingerprint density at radius 2 is 2.83 bits per heavy atom. The van der Waals surface area contributed by atoms with Crippen LogP contribution in [0.1, 0.15) is 0 Å². The molecule has 6 heavy (non-hydrogen) atoms. The summed E-state index contributed by atoms with van der Waals surface area (Å²) in [6, 6.07) is 0. The SMILES string of the molecule is O=C1C[I-]ON1. The molecule has 1 rings (SSSR count). The van der Waals surface area contributed by atoms with Gasteiger partial charge in [0.15, 0.2) is 0 Å². The molecule has 0 radical (unpaired) electrons. The van der Waals surface area contributed by atoms with Crippen molar-refractivity contribution in [2.45, 2.75) is 0 Å². The molecule has 0 unspecified atom stereocenters. The van der Waals surface area contributed by atoms with E-state index in [9.17, 15) is 4.79 Å². The van der Waals surface area contributed by atoms with Crippen LogP contribution in [-0.4, -0.2) is 10.3 Å². The summed E-state index contributed by atoms with van der Waals surface area (Å²) in [5.41, 5.74) is 2.23. The Labute approximate surface area is 45.8 Å². The van der Waals surface area contributed by atoms with Gasteiger partial charge < -0.3 is 0 Å². The number of hydrogen-bond acceptors (Lipinski definition) is 2. The molecule has 1 heterocycles. The minimum atomic E-state index is -0.259. The molecule has 0 aromatic carbocycles. The average Bonchev–Trinajstić information content (AvgIpc) is 1.86. The summed E-state index contributed by atoms with van der Waals surface area (Å²) in [5.74, 6) is 0.0304. The Balaban J connectivity index is 2.37. The number of nitrogens with one attached hydrogen (secondary N) is 1. The first kappa shape index (κ1) is 4.32. The predicted octanol–water partition coefficient (Wildman–Crippen LogP) is -3.95. The van der Waals surface area contributed by atoms with Crippen LogP contribution in [0.4, 0.5) is 0 Å². The third-order valence-electron chi connectivity index (χ3n) is 0.383. The predicted molar refractivity (Wildman–Crippen MR) is 14.1 cm³/mol. The van der Waals surface area contributed by atoms with Crippen LogP contribution in [0, 0.1) is 0 Å². The fraction of sp³-hybridized carbons (Fsp3) is 0.500. The van der Waals surface area contributed by atoms with E-state index in [1.807, 2.05) is 0 Å². The summed E-state index contributed by atoms with van der Waals surface area (Å²) in [6.45, 7) is 0. The Hall–Kier alpha value is 0.160. The van der Waals surface area contributed by atoms with Gasteiger partial charge in [-0.3, -0.25) is 0 Å². The zero-order chi connectivity index (χ0) is 4.41. The van der Waals surface area contributed by atoms with Crippen LogP contribution in [-0.2, 0) is 7.96 Å². The quantitative estimate of drug-likeness (QED) is 0.320. The van der Waals surface area contributed by atoms with Gasteiger partial charge in [0.2, 0.25) is 0 Å². The summed E-state index contributed by atoms with van der Waals surface area (Å²) >= 11 is -0.259. The van der Waals surface area contributed by atoms with Crippen molar-refractivity contribution in [1.29, 1.82) is 0 Å². The Bertz CT molecular complexity index is 65.9. The molecule has 1 saturated heterocycles. The summed E-state index contributed by atoms with van der Waals surface area (Å²) in [4.78, 5) is 10.0. The van der Waals surface area contributed by atoms with Gasteiger partial charge in [0.25, 0.3) is 0 Å². The van der Waals surface area contributed by atoms with Crippen LogP contribution >= 0.6 is 0 Å². The third-order valence-corrected chi connectivity index (χ3v) is 1.92. The van der Waals surface area contributed by atoms with E-state index in [0.29, 0.717) is 4.43 Å². The number of hydrogen-bond donors (Lipinski definition) is 1. The molecule has 0 bridgehead atoms. The van der Waals surface area contributed by atoms with Gasteiger partial charge in [0, 0.05) is 0 Å². The van der Waals surface area contributed by atoms with Gasteiger partial charge in [0.05, 0.1) is 0 Å². The number of alkyl halides is 1. The maximum absolute atomic E-state index is 10.0. The zero-order valence-corrected chi connectivity index (χ0v) is 5.06. The maximum atomic E-state index is 10.0. The summed E-state index contributed by atoms with van der Waals surface area (Å²) < 4.78 is 5.19. The van der Waals surface area contributed by atoms with Crippen LogP contribution in [0.5, 0.6) is 0 Å². The van der Waals surface area contributed by atoms with E-state index >= 15 is 0 Å². The second-order valence-corrected chi connectivity index (χ2v) is 2.67. The van der Waals surface area contributed by atoms with E-state index in [2.05, 4.69) is 8.65 Å². The van der Waals surface area contributed by atoms with E-state index < -0.39 is 0 Å². The van der Waals surface area contributed by atoms with Crippen molar-refractivity contribution in [3.8, 4) is 0 Å². The molecule has 0 aromatic heterocycles. The second-order valence-electron chi connectivity index (χ2n) is 0.845. The van der Waals surface area contributed by atoms with Crippen molar-refractivity contribution in [3.05, 3.63) is 0 Å². The molecule has 0 aromatic rings. The zero-order valence-electron chi connectivity index (χ0n) is 2.90. The van der Waals surface area contributed by atoms with E-state index in [1.165, 1.54) is 0 Å². The molecular weight excluding hydrogens is 197 g/mol. The van der Waals surface area contributed by atoms with Gasteiger partial charge in [-0.15, -0.1) is 0 Å². The number of rotatable bonds is 0. The summed E-state index contributed by atoms with van der Waals surface area (Å²) in [6.07, 6.45) is 0. The fourth-order valence-electron chi connectivity index (χ4n) is 0.174. The van der Waals surface area contributed by atoms with Gasteiger partial charge in [-0.05, 0) is 0 Å². The topological polar surface area (TPSA) is 38.3 Å². The van der Waals surface area contributed by atoms with E-state index in [0.717, 1.165) is 0 Å². The standard InChI is InChI=1S/C2H3INO2/c5-2-1-3-6-4-2/h1H2,(H,4,5)/q-1. The summed E-state index contributed by atoms with van der Waals surface area (Å²) in [7, 11) is 0. The number of amides is 1. The van der Waals surface area contributed by atoms with Crippen molar-refractivity contribution >= 4 is 5.91 Å². The third kappa shape index (κ3) is 0.810. The summed E-state index contributed by atoms with van der Waals surface area (Å²) in [5, 5.41) is 0. The number of hydroxylamine groups is 1. The molecule has 1 fully saturated rings. The molecule has 0 aliphatic carbocycles. The van der Waals surface area contributed by atoms with Crippen molar-refractivity contribution in [2.75, 3.05) is 4.43 Å². The molecular formula is C2H3INO2-. The molecule has 36 valence electrons. The molecule has 0 spiro atoms. The van der Waals surface area contributed by atoms with Crippen molar-refractivity contribution in [3.63, 3.8) is 0 Å². The van der Waals surface area contributed by atoms with Crippen LogP contribution < -0.4 is 27.1 Å². The van der Waals surface area contributed by atoms with E-state index in [4.69, 9.17) is 0 Å². The normalized spacial score (nSPS) is 22.3. The van der Waals surface area contributed by atoms with Crippen molar-refractivity contribution in [1.82, 2.24) is 5.48 Å². The van der Waals surface area contributed by atoms with Crippen molar-refractivity contribution < 1.29 is 29.6 Å². The molecule has 1 aliphatic rings. The Kier molecular flexibility index (Phi) is 1.25. The minimum absolute atomic E-state index is 0.0304. The number of carbonyl (C=O) groups excluding carboxylic acids is 1. The molecule has 3 nitrogen and oxygen atoms in total. The van der Waals surface area contributed by atoms with Gasteiger partial charge >= 0.3 is 45.4 Å². The first-order chi connectivity index (χ1) is 2.89. The Morgan fingerprint density at radius 3 is 3.00 bits per heavy atom. The molecule has 4 heteroatoms. The molecule has 0 atom stereocenters. The fourth-order valence-corrected chi connectivity index (χ4v) is 1.17. The average molecular weight is 200 g/mol. The molecule has 1 amide bonds. The number of halogens is 1. The van der Waals surface area contributed by atoms with Crippen LogP contribution in [0.25, 0.3) is 0 Å². The van der Waals surface area contributed by atoms with Crippen LogP contribution in [0.2, 0.25) is 0 Å². The first-order valence-corrected chi connectivity index (χ1v) is 3.84. The molecule has 1 aliphatic heterocycles. The van der Waals surface area contributed by atoms with E-state index in [1.54, 1.807) is 0 Å². The van der Waals surface area contributed by atoms with Gasteiger partial charge in [0.1, 0.15) is 0 Å².